The highest BCUT2D eigenvalue weighted by molar-refractivity contribution is 14.1. The third-order valence-electron chi connectivity index (χ3n) is 26.0. The van der Waals surface area contributed by atoms with E-state index in [0.717, 1.165) is 84.2 Å². The van der Waals surface area contributed by atoms with Crippen LogP contribution < -0.4 is 20.6 Å². The van der Waals surface area contributed by atoms with E-state index in [1.807, 2.05) is 36.4 Å². The van der Waals surface area contributed by atoms with Crippen molar-refractivity contribution in [2.24, 2.45) is 0 Å². The number of alkyl halides is 3. The zero-order valence-electron chi connectivity index (χ0n) is 84.7. The van der Waals surface area contributed by atoms with E-state index in [0.29, 0.717) is 5.56 Å². The Balaban J connectivity index is 0.000000209. The molecule has 140 heavy (non-hydrogen) atoms. The van der Waals surface area contributed by atoms with Crippen molar-refractivity contribution in [1.29, 1.82) is 0 Å². The molecule has 0 unspecified atom stereocenters. The number of aryl methyl sites for hydroxylation is 8. The molecule has 0 amide bonds. The summed E-state index contributed by atoms with van der Waals surface area (Å²) >= 11 is 5.63. The van der Waals surface area contributed by atoms with E-state index in [2.05, 4.69) is 391 Å². The van der Waals surface area contributed by atoms with E-state index in [9.17, 15) is 21.6 Å². The molecule has 6 nitrogen and oxygen atoms in total. The van der Waals surface area contributed by atoms with Crippen LogP contribution >= 0.6 is 38.5 Å². The average Bonchev–Trinajstić information content (AvgIpc) is 0.752. The normalized spacial score (nSPS) is 11.2. The van der Waals surface area contributed by atoms with E-state index in [-0.39, 0.29) is 0 Å². The molecule has 0 fully saturated rings. The van der Waals surface area contributed by atoms with Gasteiger partial charge in [-0.25, -0.2) is 0 Å². The van der Waals surface area contributed by atoms with Gasteiger partial charge >= 0.3 is 15.6 Å². The topological polar surface area (TPSA) is 93.4 Å². The Hall–Kier alpha value is -11.3. The smallest absolute Gasteiger partial charge is 0.399 e. The molecule has 16 aromatic rings. The molecule has 0 saturated heterocycles. The highest BCUT2D eigenvalue weighted by Crippen LogP contribution is 2.45. The number of hydrogen-bond acceptors (Lipinski definition) is 6. The maximum absolute atomic E-state index is 12.7. The summed E-state index contributed by atoms with van der Waals surface area (Å²) < 4.78 is 67.4. The lowest BCUT2D eigenvalue weighted by atomic mass is 9.86. The number of nitrogen functional groups attached to an aromatic ring is 1. The van der Waals surface area contributed by atoms with Crippen LogP contribution in [0.15, 0.2) is 320 Å². The molecular weight excluding hydrogens is 1920 g/mol. The van der Waals surface area contributed by atoms with Gasteiger partial charge in [-0.2, -0.15) is 21.6 Å². The van der Waals surface area contributed by atoms with Crippen molar-refractivity contribution >= 4 is 120 Å². The van der Waals surface area contributed by atoms with E-state index in [1.54, 1.807) is 0 Å². The first-order chi connectivity index (χ1) is 67.8. The number of unbranched alkanes of at least 4 members (excludes halogenated alkanes) is 19. The second-order valence-electron chi connectivity index (χ2n) is 37.4. The number of hydrogen-bond donors (Lipinski definition) is 3. The number of halogens is 5. The van der Waals surface area contributed by atoms with E-state index in [1.165, 1.54) is 299 Å². The Morgan fingerprint density at radius 2 is 0.593 bits per heavy atom. The first-order valence-corrected chi connectivity index (χ1v) is 54.6. The third kappa shape index (κ3) is 32.9. The Bertz CT molecular complexity index is 6480. The van der Waals surface area contributed by atoms with Gasteiger partial charge in [0, 0.05) is 36.5 Å². The molecule has 0 aromatic heterocycles. The number of anilines is 5. The standard InChI is InChI=1S/C62H68N2.C36H27F3O3S.C14H23N.C6H4BrI.2C5H12/c1-5-7-9-11-13-15-19-47-21-17-23-57(41-47)63-55-35-29-49(30-36-55)51-33-39-59-53(43-51)27-25-45(3)61(59)62-46(4)26-28-54-44-52(34-40-60(54)62)50-31-37-56(38-32-50)64-58-24-18-22-48(42-58)20-16-14-12-10-8-6-2;1-22-4-8-25(9-5-22)27-14-18-32-29(20-27)10-6-23(2)34(32)35-24(3)7-11-30-21-28(15-19-33(30)35)26-12-16-31(17-13-26)42-43(40,41)36(37,38)39;1-2-3-4-5-6-7-9-13-10-8-11-14(15)12-13;7-5-2-1-3-6(8)4-5;2*1-3-5-4-2/h17-18,21-44,63-64H,5-16,19-20H2,1-4H3;4-21H,1-3H3;8,10-12H,2-7,9,15H2,1H3;1-4H;2*3-5H2,1-2H3. The molecule has 4 N–H and O–H groups in total. The fourth-order valence-corrected chi connectivity index (χ4v) is 19.9. The molecule has 16 aromatic carbocycles. The largest absolute Gasteiger partial charge is 0.534 e. The number of rotatable bonds is 37. The van der Waals surface area contributed by atoms with Gasteiger partial charge in [0.1, 0.15) is 5.75 Å². The molecule has 0 aliphatic rings. The second kappa shape index (κ2) is 56.4. The van der Waals surface area contributed by atoms with Crippen LogP contribution in [0.2, 0.25) is 0 Å². The Morgan fingerprint density at radius 1 is 0.300 bits per heavy atom. The highest BCUT2D eigenvalue weighted by atomic mass is 127. The van der Waals surface area contributed by atoms with Gasteiger partial charge in [0.25, 0.3) is 0 Å². The lowest BCUT2D eigenvalue weighted by Gasteiger charge is -2.17. The lowest BCUT2D eigenvalue weighted by molar-refractivity contribution is -0.0500. The SMILES string of the molecule is Brc1cccc(I)c1.CCCCC.CCCCC.CCCCCCCCc1cccc(N)c1.CCCCCCCCc1cccc(Nc2ccc(-c3ccc4c(-c5c(C)ccc6cc(-c7ccc(Nc8cccc(CCCCCCCC)c8)cc7)ccc56)c(C)ccc4c3)cc2)c1.Cc1ccc(-c2ccc3c(-c4c(C)ccc5cc(-c6ccc(OS(=O)(=O)C(F)(F)F)cc6)ccc45)c(C)ccc3c2)cc1. The summed E-state index contributed by atoms with van der Waals surface area (Å²) in [6.07, 6.45) is 35.7. The molecule has 0 atom stereocenters. The van der Waals surface area contributed by atoms with E-state index in [4.69, 9.17) is 5.73 Å². The fourth-order valence-electron chi connectivity index (χ4n) is 18.1. The minimum absolute atomic E-state index is 0.406. The molecule has 0 spiro atoms. The zero-order valence-corrected chi connectivity index (χ0v) is 89.3. The van der Waals surface area contributed by atoms with Crippen LogP contribution in [-0.2, 0) is 29.4 Å². The summed E-state index contributed by atoms with van der Waals surface area (Å²) in [6, 6.07) is 110. The van der Waals surface area contributed by atoms with Crippen LogP contribution in [0.4, 0.5) is 41.6 Å². The van der Waals surface area contributed by atoms with Crippen molar-refractivity contribution in [3.05, 3.63) is 368 Å². The predicted octanol–water partition coefficient (Wildman–Crippen LogP) is 40.7. The zero-order chi connectivity index (χ0) is 99.8. The second-order valence-corrected chi connectivity index (χ2v) is 41.1. The lowest BCUT2D eigenvalue weighted by Crippen LogP contribution is -2.28. The molecule has 0 heterocycles. The summed E-state index contributed by atoms with van der Waals surface area (Å²) in [5.74, 6) is -0.406. The van der Waals surface area contributed by atoms with Gasteiger partial charge in [-0.3, -0.25) is 0 Å². The molecule has 0 radical (unpaired) electrons. The molecule has 0 aliphatic heterocycles. The van der Waals surface area contributed by atoms with Crippen molar-refractivity contribution in [1.82, 2.24) is 0 Å². The molecule has 0 bridgehead atoms. The Kier molecular flexibility index (Phi) is 43.9. The van der Waals surface area contributed by atoms with E-state index >= 15 is 0 Å². The van der Waals surface area contributed by atoms with Gasteiger partial charge in [0.15, 0.2) is 0 Å². The average molecular weight is 2070 g/mol. The van der Waals surface area contributed by atoms with Crippen molar-refractivity contribution in [2.45, 2.75) is 262 Å². The fraction of sp³-hybridized carbons (Fsp3) is 0.312. The van der Waals surface area contributed by atoms with E-state index < -0.39 is 21.4 Å². The first kappa shape index (κ1) is 109. The summed E-state index contributed by atoms with van der Waals surface area (Å²) in [4.78, 5) is 0. The molecule has 12 heteroatoms. The summed E-state index contributed by atoms with van der Waals surface area (Å²) in [5.41, 5.74) is 29.7. The van der Waals surface area contributed by atoms with Crippen LogP contribution in [0, 0.1) is 38.2 Å². The molecule has 732 valence electrons. The Morgan fingerprint density at radius 3 is 0.893 bits per heavy atom. The van der Waals surface area contributed by atoms with Crippen molar-refractivity contribution in [3.63, 3.8) is 0 Å². The molecule has 16 rings (SSSR count). The van der Waals surface area contributed by atoms with Crippen LogP contribution in [0.25, 0.3) is 110 Å². The van der Waals surface area contributed by atoms with Gasteiger partial charge in [-0.1, -0.05) is 405 Å². The number of nitrogens with one attached hydrogen (secondary N) is 2. The third-order valence-corrected chi connectivity index (χ3v) is 28.1. The van der Waals surface area contributed by atoms with Gasteiger partial charge in [-0.05, 0) is 360 Å². The predicted molar refractivity (Wildman–Crippen MR) is 614 cm³/mol. The van der Waals surface area contributed by atoms with Crippen LogP contribution in [0.5, 0.6) is 5.75 Å². The van der Waals surface area contributed by atoms with Gasteiger partial charge in [0.2, 0.25) is 0 Å². The monoisotopic (exact) mass is 2070 g/mol. The number of benzene rings is 16. The molecule has 0 aliphatic carbocycles. The summed E-state index contributed by atoms with van der Waals surface area (Å²) in [7, 11) is -5.73. The molecular formula is C128H146BrF3IN3O3S. The minimum atomic E-state index is -5.73. The summed E-state index contributed by atoms with van der Waals surface area (Å²) in [6.45, 7) is 26.5. The van der Waals surface area contributed by atoms with Crippen molar-refractivity contribution < 1.29 is 25.8 Å². The minimum Gasteiger partial charge on any atom is -0.399 e. The maximum Gasteiger partial charge on any atom is 0.534 e. The van der Waals surface area contributed by atoms with Gasteiger partial charge in [-0.15, -0.1) is 0 Å². The Labute approximate surface area is 857 Å². The number of fused-ring (bicyclic) bond motifs is 4. The quantitative estimate of drug-likeness (QED) is 0.0118. The summed E-state index contributed by atoms with van der Waals surface area (Å²) in [5, 5.41) is 16.8. The van der Waals surface area contributed by atoms with Gasteiger partial charge in [0.05, 0.1) is 0 Å². The van der Waals surface area contributed by atoms with Crippen molar-refractivity contribution in [2.75, 3.05) is 16.4 Å². The van der Waals surface area contributed by atoms with Crippen LogP contribution in [-0.4, -0.2) is 13.9 Å². The highest BCUT2D eigenvalue weighted by Gasteiger charge is 2.48. The van der Waals surface area contributed by atoms with Crippen LogP contribution in [0.1, 0.15) is 247 Å². The number of nitrogens with two attached hydrogens (primary N) is 1. The first-order valence-electron chi connectivity index (χ1n) is 51.3. The van der Waals surface area contributed by atoms with Crippen LogP contribution in [0.3, 0.4) is 0 Å². The van der Waals surface area contributed by atoms with Gasteiger partial charge < -0.3 is 20.6 Å². The van der Waals surface area contributed by atoms with Crippen molar-refractivity contribution in [3.8, 4) is 72.5 Å². The molecule has 0 saturated carbocycles. The maximum atomic E-state index is 12.7.